The monoisotopic (exact) mass is 349 g/mol. The summed E-state index contributed by atoms with van der Waals surface area (Å²) in [7, 11) is 0. The lowest BCUT2D eigenvalue weighted by Crippen LogP contribution is -2.04. The van der Waals surface area contributed by atoms with Gasteiger partial charge in [0.25, 0.3) is 0 Å². The SMILES string of the molecule is NCCc1cccc(Cl)c1Oc1cc(Cl)c(Cl)cc1Cl. The van der Waals surface area contributed by atoms with Crippen LogP contribution in [0.4, 0.5) is 0 Å². The van der Waals surface area contributed by atoms with Gasteiger partial charge in [-0.15, -0.1) is 0 Å². The number of hydrogen-bond acceptors (Lipinski definition) is 2. The van der Waals surface area contributed by atoms with E-state index in [0.29, 0.717) is 44.6 Å². The summed E-state index contributed by atoms with van der Waals surface area (Å²) < 4.78 is 5.80. The van der Waals surface area contributed by atoms with Crippen LogP contribution >= 0.6 is 46.4 Å². The van der Waals surface area contributed by atoms with Gasteiger partial charge in [0.15, 0.2) is 0 Å². The van der Waals surface area contributed by atoms with Gasteiger partial charge < -0.3 is 10.5 Å². The lowest BCUT2D eigenvalue weighted by atomic mass is 10.1. The molecule has 0 heterocycles. The number of rotatable bonds is 4. The first-order valence-corrected chi connectivity index (χ1v) is 7.34. The molecule has 20 heavy (non-hydrogen) atoms. The Morgan fingerprint density at radius 1 is 0.900 bits per heavy atom. The maximum atomic E-state index is 6.17. The van der Waals surface area contributed by atoms with Crippen molar-refractivity contribution < 1.29 is 4.74 Å². The lowest BCUT2D eigenvalue weighted by Gasteiger charge is -2.14. The molecular weight excluding hydrogens is 340 g/mol. The van der Waals surface area contributed by atoms with Crippen molar-refractivity contribution in [1.82, 2.24) is 0 Å². The second kappa shape index (κ2) is 6.88. The molecule has 2 rings (SSSR count). The Morgan fingerprint density at radius 2 is 1.60 bits per heavy atom. The normalized spacial score (nSPS) is 10.7. The maximum Gasteiger partial charge on any atom is 0.149 e. The molecule has 2 aromatic rings. The molecule has 0 saturated heterocycles. The smallest absolute Gasteiger partial charge is 0.149 e. The Morgan fingerprint density at radius 3 is 2.30 bits per heavy atom. The molecular formula is C14H11Cl4NO. The van der Waals surface area contributed by atoms with Crippen LogP contribution in [0.25, 0.3) is 0 Å². The van der Waals surface area contributed by atoms with Crippen molar-refractivity contribution in [2.24, 2.45) is 5.73 Å². The number of para-hydroxylation sites is 1. The van der Waals surface area contributed by atoms with E-state index in [2.05, 4.69) is 0 Å². The maximum absolute atomic E-state index is 6.17. The molecule has 106 valence electrons. The van der Waals surface area contributed by atoms with Crippen molar-refractivity contribution >= 4 is 46.4 Å². The Bertz CT molecular complexity index is 631. The third-order valence-corrected chi connectivity index (χ3v) is 3.96. The number of benzene rings is 2. The van der Waals surface area contributed by atoms with Crippen molar-refractivity contribution in [3.05, 3.63) is 56.0 Å². The van der Waals surface area contributed by atoms with Crippen molar-refractivity contribution in [3.63, 3.8) is 0 Å². The summed E-state index contributed by atoms with van der Waals surface area (Å²) in [6.07, 6.45) is 0.648. The second-order valence-corrected chi connectivity index (χ2v) is 5.69. The predicted octanol–water partition coefficient (Wildman–Crippen LogP) is 5.59. The second-order valence-electron chi connectivity index (χ2n) is 4.07. The minimum Gasteiger partial charge on any atom is -0.454 e. The van der Waals surface area contributed by atoms with Gasteiger partial charge in [-0.05, 0) is 30.7 Å². The summed E-state index contributed by atoms with van der Waals surface area (Å²) in [6, 6.07) is 8.57. The van der Waals surface area contributed by atoms with Crippen molar-refractivity contribution in [1.29, 1.82) is 0 Å². The predicted molar refractivity (Wildman–Crippen MR) is 85.8 cm³/mol. The van der Waals surface area contributed by atoms with E-state index in [1.54, 1.807) is 12.1 Å². The molecule has 0 saturated carbocycles. The molecule has 0 bridgehead atoms. The Kier molecular flexibility index (Phi) is 5.42. The first-order valence-electron chi connectivity index (χ1n) is 5.82. The molecule has 0 aromatic heterocycles. The van der Waals surface area contributed by atoms with E-state index in [9.17, 15) is 0 Å². The van der Waals surface area contributed by atoms with Crippen LogP contribution in [0.5, 0.6) is 11.5 Å². The minimum atomic E-state index is 0.359. The van der Waals surface area contributed by atoms with Crippen LogP contribution in [0.2, 0.25) is 20.1 Å². The summed E-state index contributed by atoms with van der Waals surface area (Å²) in [5, 5.41) is 1.57. The van der Waals surface area contributed by atoms with E-state index in [4.69, 9.17) is 56.9 Å². The molecule has 2 N–H and O–H groups in total. The van der Waals surface area contributed by atoms with Crippen LogP contribution in [0.1, 0.15) is 5.56 Å². The van der Waals surface area contributed by atoms with Crippen LogP contribution in [0.3, 0.4) is 0 Å². The van der Waals surface area contributed by atoms with E-state index in [1.165, 1.54) is 6.07 Å². The van der Waals surface area contributed by atoms with Gasteiger partial charge in [0, 0.05) is 6.07 Å². The molecule has 0 unspecified atom stereocenters. The summed E-state index contributed by atoms with van der Waals surface area (Å²) in [5.74, 6) is 0.923. The highest BCUT2D eigenvalue weighted by molar-refractivity contribution is 6.43. The highest BCUT2D eigenvalue weighted by atomic mass is 35.5. The number of halogens is 4. The van der Waals surface area contributed by atoms with Crippen molar-refractivity contribution in [3.8, 4) is 11.5 Å². The van der Waals surface area contributed by atoms with Gasteiger partial charge in [0.2, 0.25) is 0 Å². The van der Waals surface area contributed by atoms with Gasteiger partial charge in [-0.25, -0.2) is 0 Å². The molecule has 0 fully saturated rings. The van der Waals surface area contributed by atoms with Crippen LogP contribution in [0, 0.1) is 0 Å². The zero-order valence-corrected chi connectivity index (χ0v) is 13.3. The van der Waals surface area contributed by atoms with Gasteiger partial charge in [-0.3, -0.25) is 0 Å². The van der Waals surface area contributed by atoms with Crippen LogP contribution < -0.4 is 10.5 Å². The zero-order chi connectivity index (χ0) is 14.7. The molecule has 0 aliphatic rings. The fourth-order valence-corrected chi connectivity index (χ4v) is 2.52. The van der Waals surface area contributed by atoms with E-state index in [1.807, 2.05) is 12.1 Å². The van der Waals surface area contributed by atoms with E-state index in [0.717, 1.165) is 5.56 Å². The van der Waals surface area contributed by atoms with Crippen molar-refractivity contribution in [2.45, 2.75) is 6.42 Å². The molecule has 0 radical (unpaired) electrons. The summed E-state index contributed by atoms with van der Waals surface area (Å²) in [5.41, 5.74) is 6.49. The highest BCUT2D eigenvalue weighted by Gasteiger charge is 2.13. The summed E-state index contributed by atoms with van der Waals surface area (Å²) >= 11 is 24.1. The van der Waals surface area contributed by atoms with Gasteiger partial charge in [-0.1, -0.05) is 58.5 Å². The topological polar surface area (TPSA) is 35.2 Å². The third-order valence-electron chi connectivity index (χ3n) is 2.65. The van der Waals surface area contributed by atoms with Gasteiger partial charge in [-0.2, -0.15) is 0 Å². The minimum absolute atomic E-state index is 0.359. The first-order chi connectivity index (χ1) is 9.52. The summed E-state index contributed by atoms with van der Waals surface area (Å²) in [6.45, 7) is 0.492. The van der Waals surface area contributed by atoms with E-state index in [-0.39, 0.29) is 0 Å². The fourth-order valence-electron chi connectivity index (χ4n) is 1.71. The Hall–Kier alpha value is -0.640. The molecule has 6 heteroatoms. The fraction of sp³-hybridized carbons (Fsp3) is 0.143. The molecule has 0 aliphatic heterocycles. The number of ether oxygens (including phenoxy) is 1. The van der Waals surface area contributed by atoms with Crippen LogP contribution in [-0.2, 0) is 6.42 Å². The van der Waals surface area contributed by atoms with E-state index >= 15 is 0 Å². The molecule has 0 spiro atoms. The molecule has 2 nitrogen and oxygen atoms in total. The Balaban J connectivity index is 2.42. The quantitative estimate of drug-likeness (QED) is 0.729. The zero-order valence-electron chi connectivity index (χ0n) is 10.3. The van der Waals surface area contributed by atoms with Gasteiger partial charge in [0.05, 0.1) is 20.1 Å². The van der Waals surface area contributed by atoms with Gasteiger partial charge >= 0.3 is 0 Å². The van der Waals surface area contributed by atoms with Crippen LogP contribution in [-0.4, -0.2) is 6.54 Å². The summed E-state index contributed by atoms with van der Waals surface area (Å²) in [4.78, 5) is 0. The average Bonchev–Trinajstić information content (AvgIpc) is 2.40. The standard InChI is InChI=1S/C14H11Cl4NO/c15-9-3-1-2-8(4-5-19)14(9)20-13-7-11(17)10(16)6-12(13)18/h1-3,6-7H,4-5,19H2. The third kappa shape index (κ3) is 3.51. The molecule has 2 aromatic carbocycles. The van der Waals surface area contributed by atoms with Gasteiger partial charge in [0.1, 0.15) is 11.5 Å². The number of nitrogens with two attached hydrogens (primary N) is 1. The molecule has 0 atom stereocenters. The lowest BCUT2D eigenvalue weighted by molar-refractivity contribution is 0.477. The molecule has 0 amide bonds. The first kappa shape index (κ1) is 15.7. The van der Waals surface area contributed by atoms with Crippen LogP contribution in [0.15, 0.2) is 30.3 Å². The number of hydrogen-bond donors (Lipinski definition) is 1. The van der Waals surface area contributed by atoms with Crippen molar-refractivity contribution in [2.75, 3.05) is 6.54 Å². The highest BCUT2D eigenvalue weighted by Crippen LogP contribution is 2.39. The average molecular weight is 351 g/mol. The largest absolute Gasteiger partial charge is 0.454 e. The Labute approximate surface area is 137 Å². The van der Waals surface area contributed by atoms with E-state index < -0.39 is 0 Å². The molecule has 0 aliphatic carbocycles.